The third-order valence-electron chi connectivity index (χ3n) is 3.40. The summed E-state index contributed by atoms with van der Waals surface area (Å²) in [6.45, 7) is 12.4. The summed E-state index contributed by atoms with van der Waals surface area (Å²) in [6, 6.07) is 0. The summed E-state index contributed by atoms with van der Waals surface area (Å²) in [5, 5.41) is 0. The van der Waals surface area contributed by atoms with Gasteiger partial charge in [0.1, 0.15) is 0 Å². The molecule has 0 aromatic rings. The maximum atomic E-state index is 4.51. The fraction of sp³-hybridized carbons (Fsp3) is 0.471. The van der Waals surface area contributed by atoms with Gasteiger partial charge in [-0.25, -0.2) is 0 Å². The Morgan fingerprint density at radius 2 is 2.28 bits per heavy atom. The van der Waals surface area contributed by atoms with Gasteiger partial charge < -0.3 is 0 Å². The van der Waals surface area contributed by atoms with Crippen LogP contribution in [0.15, 0.2) is 53.7 Å². The van der Waals surface area contributed by atoms with Gasteiger partial charge in [-0.1, -0.05) is 57.6 Å². The number of hydrogen-bond donors (Lipinski definition) is 0. The second-order valence-electron chi connectivity index (χ2n) is 4.94. The van der Waals surface area contributed by atoms with Crippen molar-refractivity contribution in [1.82, 2.24) is 0 Å². The van der Waals surface area contributed by atoms with Gasteiger partial charge in [-0.05, 0) is 24.3 Å². The van der Waals surface area contributed by atoms with Crippen molar-refractivity contribution in [3.63, 3.8) is 0 Å². The van der Waals surface area contributed by atoms with Crippen LogP contribution in [-0.4, -0.2) is 6.21 Å². The molecule has 2 atom stereocenters. The van der Waals surface area contributed by atoms with Gasteiger partial charge in [0.25, 0.3) is 0 Å². The van der Waals surface area contributed by atoms with Gasteiger partial charge >= 0.3 is 0 Å². The fourth-order valence-corrected chi connectivity index (χ4v) is 2.17. The van der Waals surface area contributed by atoms with Crippen molar-refractivity contribution in [2.24, 2.45) is 16.8 Å². The molecule has 0 fully saturated rings. The topological polar surface area (TPSA) is 12.4 Å². The van der Waals surface area contributed by atoms with Gasteiger partial charge in [0.05, 0.1) is 5.70 Å². The molecular formula is C17H25N. The first-order chi connectivity index (χ1) is 8.69. The Morgan fingerprint density at radius 3 is 2.83 bits per heavy atom. The van der Waals surface area contributed by atoms with E-state index in [1.54, 1.807) is 0 Å². The van der Waals surface area contributed by atoms with E-state index in [2.05, 4.69) is 50.2 Å². The first-order valence-corrected chi connectivity index (χ1v) is 6.91. The summed E-state index contributed by atoms with van der Waals surface area (Å²) >= 11 is 0. The molecule has 1 nitrogen and oxygen atoms in total. The zero-order chi connectivity index (χ0) is 13.4. The Kier molecular flexibility index (Phi) is 6.42. The van der Waals surface area contributed by atoms with Crippen LogP contribution in [0.5, 0.6) is 0 Å². The Bertz CT molecular complexity index is 371. The molecule has 0 spiro atoms. The molecule has 0 aliphatic heterocycles. The Labute approximate surface area is 112 Å². The van der Waals surface area contributed by atoms with Crippen molar-refractivity contribution in [1.29, 1.82) is 0 Å². The summed E-state index contributed by atoms with van der Waals surface area (Å²) < 4.78 is 0. The zero-order valence-electron chi connectivity index (χ0n) is 11.7. The highest BCUT2D eigenvalue weighted by Crippen LogP contribution is 2.20. The lowest BCUT2D eigenvalue weighted by Crippen LogP contribution is -2.10. The average molecular weight is 243 g/mol. The highest BCUT2D eigenvalue weighted by molar-refractivity contribution is 5.66. The van der Waals surface area contributed by atoms with Crippen molar-refractivity contribution < 1.29 is 0 Å². The first kappa shape index (κ1) is 14.7. The molecule has 0 saturated carbocycles. The Morgan fingerprint density at radius 1 is 1.50 bits per heavy atom. The minimum atomic E-state index is 0.342. The van der Waals surface area contributed by atoms with Gasteiger partial charge in [0, 0.05) is 12.1 Å². The molecule has 0 amide bonds. The third-order valence-corrected chi connectivity index (χ3v) is 3.40. The molecule has 2 unspecified atom stereocenters. The lowest BCUT2D eigenvalue weighted by Gasteiger charge is -2.16. The normalized spacial score (nSPS) is 18.4. The molecular weight excluding hydrogens is 218 g/mol. The van der Waals surface area contributed by atoms with Crippen LogP contribution >= 0.6 is 0 Å². The molecule has 0 bridgehead atoms. The predicted molar refractivity (Wildman–Crippen MR) is 81.8 cm³/mol. The van der Waals surface area contributed by atoms with Crippen molar-refractivity contribution in [3.8, 4) is 0 Å². The lowest BCUT2D eigenvalue weighted by atomic mass is 9.91. The highest BCUT2D eigenvalue weighted by atomic mass is 14.7. The lowest BCUT2D eigenvalue weighted by molar-refractivity contribution is 0.480. The predicted octanol–water partition coefficient (Wildman–Crippen LogP) is 5.09. The fourth-order valence-electron chi connectivity index (χ4n) is 2.17. The quantitative estimate of drug-likeness (QED) is 0.436. The number of allylic oxidation sites excluding steroid dienone is 4. The largest absolute Gasteiger partial charge is 0.261 e. The minimum Gasteiger partial charge on any atom is -0.261 e. The monoisotopic (exact) mass is 243 g/mol. The van der Waals surface area contributed by atoms with Crippen molar-refractivity contribution >= 4 is 6.21 Å². The van der Waals surface area contributed by atoms with Crippen molar-refractivity contribution in [2.45, 2.75) is 39.5 Å². The number of aliphatic imine (C=N–C) groups is 1. The van der Waals surface area contributed by atoms with E-state index in [1.165, 1.54) is 12.8 Å². The van der Waals surface area contributed by atoms with E-state index in [-0.39, 0.29) is 0 Å². The van der Waals surface area contributed by atoms with E-state index in [1.807, 2.05) is 12.3 Å². The summed E-state index contributed by atoms with van der Waals surface area (Å²) in [4.78, 5) is 4.51. The molecule has 1 heteroatoms. The van der Waals surface area contributed by atoms with E-state index in [0.717, 1.165) is 24.1 Å². The molecule has 0 aromatic carbocycles. The van der Waals surface area contributed by atoms with Crippen molar-refractivity contribution in [3.05, 3.63) is 48.7 Å². The van der Waals surface area contributed by atoms with Gasteiger partial charge in [0.2, 0.25) is 0 Å². The van der Waals surface area contributed by atoms with E-state index >= 15 is 0 Å². The molecule has 0 heterocycles. The molecule has 1 rings (SSSR count). The van der Waals surface area contributed by atoms with Crippen molar-refractivity contribution in [2.75, 3.05) is 0 Å². The van der Waals surface area contributed by atoms with Gasteiger partial charge in [-0.2, -0.15) is 0 Å². The number of rotatable bonds is 7. The summed E-state index contributed by atoms with van der Waals surface area (Å²) in [7, 11) is 0. The van der Waals surface area contributed by atoms with Crippen LogP contribution in [0.3, 0.4) is 0 Å². The average Bonchev–Trinajstić information content (AvgIpc) is 2.40. The van der Waals surface area contributed by atoms with Gasteiger partial charge in [-0.15, -0.1) is 6.58 Å². The number of hydrogen-bond acceptors (Lipinski definition) is 1. The second-order valence-corrected chi connectivity index (χ2v) is 4.94. The standard InChI is InChI=1S/C17H25N/c1-5-10-14(3)16(6-2)13-18-15(4)17-11-8-7-9-12-17/h6,8,11-14,16H,2,4-5,7,9-10H2,1,3H3. The molecule has 18 heavy (non-hydrogen) atoms. The SMILES string of the molecule is C=CC(C=NC(=C)C1=CCCC=C1)C(C)CCC. The van der Waals surface area contributed by atoms with Crippen LogP contribution in [0.2, 0.25) is 0 Å². The number of nitrogens with zero attached hydrogens (tertiary/aromatic N) is 1. The Hall–Kier alpha value is -1.37. The van der Waals surface area contributed by atoms with Gasteiger partial charge in [0.15, 0.2) is 0 Å². The molecule has 0 saturated heterocycles. The van der Waals surface area contributed by atoms with Crippen LogP contribution in [0.25, 0.3) is 0 Å². The molecule has 0 radical (unpaired) electrons. The van der Waals surface area contributed by atoms with E-state index < -0.39 is 0 Å². The molecule has 98 valence electrons. The van der Waals surface area contributed by atoms with Crippen LogP contribution < -0.4 is 0 Å². The third kappa shape index (κ3) is 4.48. The summed E-state index contributed by atoms with van der Waals surface area (Å²) in [6.07, 6.45) is 15.1. The minimum absolute atomic E-state index is 0.342. The molecule has 0 N–H and O–H groups in total. The molecule has 1 aliphatic carbocycles. The van der Waals surface area contributed by atoms with E-state index in [9.17, 15) is 0 Å². The zero-order valence-corrected chi connectivity index (χ0v) is 11.7. The molecule has 0 aromatic heterocycles. The maximum Gasteiger partial charge on any atom is 0.0623 e. The smallest absolute Gasteiger partial charge is 0.0623 e. The first-order valence-electron chi connectivity index (χ1n) is 6.91. The summed E-state index contributed by atoms with van der Waals surface area (Å²) in [5.41, 5.74) is 2.02. The highest BCUT2D eigenvalue weighted by Gasteiger charge is 2.10. The van der Waals surface area contributed by atoms with Crippen LogP contribution in [0.4, 0.5) is 0 Å². The van der Waals surface area contributed by atoms with E-state index in [4.69, 9.17) is 0 Å². The van der Waals surface area contributed by atoms with Gasteiger partial charge in [-0.3, -0.25) is 4.99 Å². The summed E-state index contributed by atoms with van der Waals surface area (Å²) in [5.74, 6) is 0.940. The van der Waals surface area contributed by atoms with Crippen LogP contribution in [0.1, 0.15) is 39.5 Å². The van der Waals surface area contributed by atoms with E-state index in [0.29, 0.717) is 11.8 Å². The maximum absolute atomic E-state index is 4.51. The Balaban J connectivity index is 2.60. The van der Waals surface area contributed by atoms with Crippen LogP contribution in [-0.2, 0) is 0 Å². The molecule has 1 aliphatic rings. The van der Waals surface area contributed by atoms with Crippen LogP contribution in [0, 0.1) is 11.8 Å². The second kappa shape index (κ2) is 7.86.